The molecule has 1 heterocycles. The lowest BCUT2D eigenvalue weighted by atomic mass is 10.1. The number of nitrogens with zero attached hydrogens (tertiary/aromatic N) is 2. The SMILES string of the molecule is CCOc1ccc([C@@H]2C[C@H]2NC(=O)CCc2ccn(C)n2)cc1. The van der Waals surface area contributed by atoms with Crippen LogP contribution in [0.3, 0.4) is 0 Å². The van der Waals surface area contributed by atoms with Gasteiger partial charge in [-0.05, 0) is 37.1 Å². The van der Waals surface area contributed by atoms with Crippen LogP contribution in [0.25, 0.3) is 0 Å². The van der Waals surface area contributed by atoms with Crippen LogP contribution in [0, 0.1) is 0 Å². The molecule has 0 radical (unpaired) electrons. The highest BCUT2D eigenvalue weighted by molar-refractivity contribution is 5.77. The molecule has 23 heavy (non-hydrogen) atoms. The maximum atomic E-state index is 12.0. The standard InChI is InChI=1S/C18H23N3O2/c1-3-23-15-7-4-13(5-8-15)16-12-17(16)19-18(22)9-6-14-10-11-21(2)20-14/h4-5,7-8,10-11,16-17H,3,6,9,12H2,1-2H3,(H,19,22)/t16-,17+/m0/s1. The third kappa shape index (κ3) is 4.12. The summed E-state index contributed by atoms with van der Waals surface area (Å²) >= 11 is 0. The molecule has 0 bridgehead atoms. The summed E-state index contributed by atoms with van der Waals surface area (Å²) in [6.07, 6.45) is 4.09. The Morgan fingerprint density at radius 2 is 2.13 bits per heavy atom. The minimum atomic E-state index is 0.106. The summed E-state index contributed by atoms with van der Waals surface area (Å²) in [7, 11) is 1.88. The van der Waals surface area contributed by atoms with E-state index in [1.807, 2.05) is 38.4 Å². The van der Waals surface area contributed by atoms with E-state index in [1.54, 1.807) is 4.68 Å². The quantitative estimate of drug-likeness (QED) is 0.854. The second-order valence-electron chi connectivity index (χ2n) is 6.00. The van der Waals surface area contributed by atoms with Crippen LogP contribution < -0.4 is 10.1 Å². The Morgan fingerprint density at radius 1 is 1.35 bits per heavy atom. The first-order valence-corrected chi connectivity index (χ1v) is 8.16. The summed E-state index contributed by atoms with van der Waals surface area (Å²) in [6.45, 7) is 2.66. The lowest BCUT2D eigenvalue weighted by Crippen LogP contribution is -2.26. The summed E-state index contributed by atoms with van der Waals surface area (Å²) in [5, 5.41) is 7.40. The van der Waals surface area contributed by atoms with Gasteiger partial charge < -0.3 is 10.1 Å². The molecule has 1 saturated carbocycles. The molecule has 1 aromatic carbocycles. The predicted molar refractivity (Wildman–Crippen MR) is 88.4 cm³/mol. The number of benzene rings is 1. The van der Waals surface area contributed by atoms with Crippen LogP contribution in [0.1, 0.15) is 36.9 Å². The molecule has 0 unspecified atom stereocenters. The number of ether oxygens (including phenoxy) is 1. The van der Waals surface area contributed by atoms with Gasteiger partial charge in [0.25, 0.3) is 0 Å². The number of aromatic nitrogens is 2. The molecule has 3 rings (SSSR count). The first-order valence-electron chi connectivity index (χ1n) is 8.16. The van der Waals surface area contributed by atoms with Gasteiger partial charge in [-0.3, -0.25) is 9.48 Å². The zero-order valence-corrected chi connectivity index (χ0v) is 13.7. The van der Waals surface area contributed by atoms with Crippen molar-refractivity contribution in [1.82, 2.24) is 15.1 Å². The highest BCUT2D eigenvalue weighted by atomic mass is 16.5. The van der Waals surface area contributed by atoms with Crippen molar-refractivity contribution in [3.8, 4) is 5.75 Å². The number of amides is 1. The van der Waals surface area contributed by atoms with Gasteiger partial charge in [0.05, 0.1) is 12.3 Å². The molecule has 2 atom stereocenters. The topological polar surface area (TPSA) is 56.1 Å². The zero-order chi connectivity index (χ0) is 16.2. The average molecular weight is 313 g/mol. The molecule has 5 heteroatoms. The van der Waals surface area contributed by atoms with Crippen molar-refractivity contribution in [3.63, 3.8) is 0 Å². The smallest absolute Gasteiger partial charge is 0.220 e. The van der Waals surface area contributed by atoms with E-state index in [0.717, 1.165) is 17.9 Å². The van der Waals surface area contributed by atoms with Gasteiger partial charge in [0.1, 0.15) is 5.75 Å². The van der Waals surface area contributed by atoms with E-state index >= 15 is 0 Å². The number of hydrogen-bond acceptors (Lipinski definition) is 3. The Hall–Kier alpha value is -2.30. The van der Waals surface area contributed by atoms with Gasteiger partial charge in [-0.1, -0.05) is 12.1 Å². The second kappa shape index (κ2) is 6.86. The highest BCUT2D eigenvalue weighted by Gasteiger charge is 2.39. The fourth-order valence-electron chi connectivity index (χ4n) is 2.82. The minimum absolute atomic E-state index is 0.106. The summed E-state index contributed by atoms with van der Waals surface area (Å²) in [4.78, 5) is 12.0. The second-order valence-corrected chi connectivity index (χ2v) is 6.00. The molecule has 1 aliphatic carbocycles. The Morgan fingerprint density at radius 3 is 2.78 bits per heavy atom. The summed E-state index contributed by atoms with van der Waals surface area (Å²) in [5.74, 6) is 1.44. The molecular weight excluding hydrogens is 290 g/mol. The fourth-order valence-corrected chi connectivity index (χ4v) is 2.82. The summed E-state index contributed by atoms with van der Waals surface area (Å²) < 4.78 is 7.21. The van der Waals surface area contributed by atoms with Crippen LogP contribution in [0.5, 0.6) is 5.75 Å². The Labute approximate surface area is 136 Å². The largest absolute Gasteiger partial charge is 0.494 e. The van der Waals surface area contributed by atoms with Crippen molar-refractivity contribution in [2.75, 3.05) is 6.61 Å². The maximum Gasteiger partial charge on any atom is 0.220 e. The van der Waals surface area contributed by atoms with Crippen molar-refractivity contribution in [1.29, 1.82) is 0 Å². The van der Waals surface area contributed by atoms with Gasteiger partial charge in [0.15, 0.2) is 0 Å². The van der Waals surface area contributed by atoms with Crippen LogP contribution in [-0.4, -0.2) is 28.3 Å². The van der Waals surface area contributed by atoms with Crippen molar-refractivity contribution in [3.05, 3.63) is 47.8 Å². The minimum Gasteiger partial charge on any atom is -0.494 e. The molecule has 5 nitrogen and oxygen atoms in total. The molecule has 1 aromatic heterocycles. The van der Waals surface area contributed by atoms with Crippen molar-refractivity contribution in [2.45, 2.75) is 38.1 Å². The van der Waals surface area contributed by atoms with Gasteiger partial charge in [-0.25, -0.2) is 0 Å². The van der Waals surface area contributed by atoms with Crippen LogP contribution >= 0.6 is 0 Å². The molecule has 1 fully saturated rings. The fraction of sp³-hybridized carbons (Fsp3) is 0.444. The first-order chi connectivity index (χ1) is 11.2. The van der Waals surface area contributed by atoms with E-state index in [0.29, 0.717) is 25.4 Å². The zero-order valence-electron chi connectivity index (χ0n) is 13.7. The van der Waals surface area contributed by atoms with E-state index in [9.17, 15) is 4.79 Å². The van der Waals surface area contributed by atoms with Crippen molar-refractivity contribution >= 4 is 5.91 Å². The average Bonchev–Trinajstić information content (AvgIpc) is 3.17. The molecule has 1 aliphatic rings. The number of aryl methyl sites for hydroxylation is 2. The van der Waals surface area contributed by atoms with Crippen LogP contribution in [0.15, 0.2) is 36.5 Å². The van der Waals surface area contributed by atoms with Crippen LogP contribution in [0.2, 0.25) is 0 Å². The molecule has 0 spiro atoms. The van der Waals surface area contributed by atoms with Gasteiger partial charge in [0.2, 0.25) is 5.91 Å². The number of carbonyl (C=O) groups is 1. The summed E-state index contributed by atoms with van der Waals surface area (Å²) in [5.41, 5.74) is 2.23. The van der Waals surface area contributed by atoms with Gasteiger partial charge in [-0.15, -0.1) is 0 Å². The van der Waals surface area contributed by atoms with Crippen LogP contribution in [0.4, 0.5) is 0 Å². The van der Waals surface area contributed by atoms with E-state index in [2.05, 4.69) is 22.5 Å². The number of nitrogens with one attached hydrogen (secondary N) is 1. The molecular formula is C18H23N3O2. The number of rotatable bonds is 7. The lowest BCUT2D eigenvalue weighted by Gasteiger charge is -2.06. The molecule has 1 amide bonds. The van der Waals surface area contributed by atoms with Gasteiger partial charge in [0, 0.05) is 38.0 Å². The van der Waals surface area contributed by atoms with E-state index in [4.69, 9.17) is 4.74 Å². The molecule has 0 saturated heterocycles. The summed E-state index contributed by atoms with van der Waals surface area (Å²) in [6, 6.07) is 10.4. The van der Waals surface area contributed by atoms with E-state index < -0.39 is 0 Å². The molecule has 2 aromatic rings. The third-order valence-electron chi connectivity index (χ3n) is 4.13. The van der Waals surface area contributed by atoms with Gasteiger partial charge >= 0.3 is 0 Å². The van der Waals surface area contributed by atoms with E-state index in [1.165, 1.54) is 5.56 Å². The number of carbonyl (C=O) groups excluding carboxylic acids is 1. The normalized spacial score (nSPS) is 19.4. The van der Waals surface area contributed by atoms with Crippen molar-refractivity contribution in [2.24, 2.45) is 7.05 Å². The first kappa shape index (κ1) is 15.6. The molecule has 1 N–H and O–H groups in total. The Kier molecular flexibility index (Phi) is 4.65. The monoisotopic (exact) mass is 313 g/mol. The van der Waals surface area contributed by atoms with Crippen molar-refractivity contribution < 1.29 is 9.53 Å². The highest BCUT2D eigenvalue weighted by Crippen LogP contribution is 2.41. The third-order valence-corrected chi connectivity index (χ3v) is 4.13. The van der Waals surface area contributed by atoms with Gasteiger partial charge in [-0.2, -0.15) is 5.10 Å². The maximum absolute atomic E-state index is 12.0. The molecule has 122 valence electrons. The lowest BCUT2D eigenvalue weighted by molar-refractivity contribution is -0.121. The predicted octanol–water partition coefficient (Wildman–Crippen LogP) is 2.42. The number of hydrogen-bond donors (Lipinski definition) is 1. The van der Waals surface area contributed by atoms with Crippen LogP contribution in [-0.2, 0) is 18.3 Å². The Balaban J connectivity index is 1.44. The van der Waals surface area contributed by atoms with E-state index in [-0.39, 0.29) is 11.9 Å². The molecule has 0 aliphatic heterocycles. The Bertz CT molecular complexity index is 663.